The summed E-state index contributed by atoms with van der Waals surface area (Å²) in [6.07, 6.45) is 1.68. The van der Waals surface area contributed by atoms with Crippen LogP contribution in [0.3, 0.4) is 0 Å². The van der Waals surface area contributed by atoms with Crippen molar-refractivity contribution in [3.8, 4) is 0 Å². The van der Waals surface area contributed by atoms with Gasteiger partial charge < -0.3 is 16.4 Å². The maximum atomic E-state index is 13.0. The van der Waals surface area contributed by atoms with Crippen LogP contribution in [-0.4, -0.2) is 30.9 Å². The van der Waals surface area contributed by atoms with Crippen molar-refractivity contribution >= 4 is 24.2 Å². The molecule has 0 spiro atoms. The maximum absolute atomic E-state index is 13.0. The lowest BCUT2D eigenvalue weighted by Gasteiger charge is -2.08. The topological polar surface area (TPSA) is 84.2 Å². The highest BCUT2D eigenvalue weighted by Crippen LogP contribution is 2.02. The fourth-order valence-electron chi connectivity index (χ4n) is 1.70. The van der Waals surface area contributed by atoms with Crippen LogP contribution in [-0.2, 0) is 4.79 Å². The van der Waals surface area contributed by atoms with Crippen molar-refractivity contribution in [2.75, 3.05) is 13.1 Å². The van der Waals surface area contributed by atoms with Crippen LogP contribution >= 0.6 is 12.4 Å². The van der Waals surface area contributed by atoms with Crippen molar-refractivity contribution < 1.29 is 14.0 Å². The highest BCUT2D eigenvalue weighted by Gasteiger charge is 2.06. The van der Waals surface area contributed by atoms with E-state index in [1.807, 2.05) is 6.92 Å². The summed E-state index contributed by atoms with van der Waals surface area (Å²) in [5.74, 6) is -0.800. The predicted octanol–water partition coefficient (Wildman–Crippen LogP) is 1.61. The van der Waals surface area contributed by atoms with Gasteiger partial charge in [-0.15, -0.1) is 12.4 Å². The molecule has 124 valence electrons. The fraction of sp³-hybridized carbons (Fsp3) is 0.467. The maximum Gasteiger partial charge on any atom is 0.251 e. The van der Waals surface area contributed by atoms with E-state index in [9.17, 15) is 14.0 Å². The summed E-state index contributed by atoms with van der Waals surface area (Å²) in [6.45, 7) is 2.76. The number of carbonyl (C=O) groups excluding carboxylic acids is 2. The summed E-state index contributed by atoms with van der Waals surface area (Å²) >= 11 is 0. The Labute approximate surface area is 136 Å². The molecular weight excluding hydrogens is 309 g/mol. The van der Waals surface area contributed by atoms with Gasteiger partial charge in [0.2, 0.25) is 5.91 Å². The average molecular weight is 332 g/mol. The summed E-state index contributed by atoms with van der Waals surface area (Å²) in [5, 5.41) is 5.43. The van der Waals surface area contributed by atoms with Crippen molar-refractivity contribution in [3.63, 3.8) is 0 Å². The third-order valence-corrected chi connectivity index (χ3v) is 2.87. The van der Waals surface area contributed by atoms with Crippen molar-refractivity contribution in [2.24, 2.45) is 5.73 Å². The molecule has 7 heteroatoms. The van der Waals surface area contributed by atoms with E-state index in [0.717, 1.165) is 0 Å². The predicted molar refractivity (Wildman–Crippen MR) is 86.5 cm³/mol. The Kier molecular flexibility index (Phi) is 10.2. The highest BCUT2D eigenvalue weighted by molar-refractivity contribution is 5.94. The normalized spacial score (nSPS) is 11.2. The SMILES string of the molecule is CC(N)CCC(=O)NCCCNC(=O)c1cccc(F)c1.Cl. The molecule has 0 aromatic heterocycles. The molecule has 1 unspecified atom stereocenters. The molecule has 0 aliphatic rings. The van der Waals surface area contributed by atoms with E-state index >= 15 is 0 Å². The van der Waals surface area contributed by atoms with Gasteiger partial charge in [0.1, 0.15) is 5.82 Å². The number of carbonyl (C=O) groups is 2. The van der Waals surface area contributed by atoms with E-state index in [4.69, 9.17) is 5.73 Å². The quantitative estimate of drug-likeness (QED) is 0.633. The van der Waals surface area contributed by atoms with Gasteiger partial charge in [-0.1, -0.05) is 6.07 Å². The van der Waals surface area contributed by atoms with Gasteiger partial charge in [0.15, 0.2) is 0 Å². The second-order valence-corrected chi connectivity index (χ2v) is 4.99. The fourth-order valence-corrected chi connectivity index (χ4v) is 1.70. The number of hydrogen-bond acceptors (Lipinski definition) is 3. The van der Waals surface area contributed by atoms with Gasteiger partial charge in [-0.2, -0.15) is 0 Å². The van der Waals surface area contributed by atoms with Crippen LogP contribution in [0.25, 0.3) is 0 Å². The van der Waals surface area contributed by atoms with Gasteiger partial charge >= 0.3 is 0 Å². The second-order valence-electron chi connectivity index (χ2n) is 4.99. The van der Waals surface area contributed by atoms with Crippen LogP contribution in [0.4, 0.5) is 4.39 Å². The van der Waals surface area contributed by atoms with E-state index in [0.29, 0.717) is 32.4 Å². The van der Waals surface area contributed by atoms with Gasteiger partial charge in [0.25, 0.3) is 5.91 Å². The van der Waals surface area contributed by atoms with Crippen molar-refractivity contribution in [1.82, 2.24) is 10.6 Å². The Morgan fingerprint density at radius 1 is 1.27 bits per heavy atom. The van der Waals surface area contributed by atoms with E-state index in [-0.39, 0.29) is 35.8 Å². The molecule has 0 radical (unpaired) electrons. The summed E-state index contributed by atoms with van der Waals surface area (Å²) in [4.78, 5) is 23.1. The molecule has 0 fully saturated rings. The van der Waals surface area contributed by atoms with E-state index in [1.165, 1.54) is 18.2 Å². The molecule has 5 nitrogen and oxygen atoms in total. The Hall–Kier alpha value is -1.66. The first kappa shape index (κ1) is 20.3. The molecule has 1 rings (SSSR count). The molecule has 0 saturated carbocycles. The first-order valence-electron chi connectivity index (χ1n) is 7.05. The third-order valence-electron chi connectivity index (χ3n) is 2.87. The summed E-state index contributed by atoms with van der Waals surface area (Å²) in [7, 11) is 0. The van der Waals surface area contributed by atoms with Gasteiger partial charge in [-0.25, -0.2) is 4.39 Å². The smallest absolute Gasteiger partial charge is 0.251 e. The van der Waals surface area contributed by atoms with Crippen LogP contribution in [0.5, 0.6) is 0 Å². The van der Waals surface area contributed by atoms with Crippen LogP contribution in [0.1, 0.15) is 36.5 Å². The first-order chi connectivity index (χ1) is 9.99. The Morgan fingerprint density at radius 2 is 1.95 bits per heavy atom. The number of hydrogen-bond donors (Lipinski definition) is 3. The standard InChI is InChI=1S/C15H22FN3O2.ClH/c1-11(17)6-7-14(20)18-8-3-9-19-15(21)12-4-2-5-13(16)10-12;/h2,4-5,10-11H,3,6-9,17H2,1H3,(H,18,20)(H,19,21);1H. The van der Waals surface area contributed by atoms with Crippen molar-refractivity contribution in [3.05, 3.63) is 35.6 Å². The summed E-state index contributed by atoms with van der Waals surface area (Å²) in [6, 6.07) is 5.53. The van der Waals surface area contributed by atoms with E-state index in [1.54, 1.807) is 6.07 Å². The largest absolute Gasteiger partial charge is 0.356 e. The minimum atomic E-state index is -0.441. The molecule has 0 aliphatic heterocycles. The zero-order valence-electron chi connectivity index (χ0n) is 12.6. The molecular formula is C15H23ClFN3O2. The minimum Gasteiger partial charge on any atom is -0.356 e. The average Bonchev–Trinajstić information content (AvgIpc) is 2.44. The van der Waals surface area contributed by atoms with Crippen LogP contribution in [0.15, 0.2) is 24.3 Å². The minimum absolute atomic E-state index is 0. The van der Waals surface area contributed by atoms with Crippen LogP contribution in [0.2, 0.25) is 0 Å². The van der Waals surface area contributed by atoms with Crippen LogP contribution in [0, 0.1) is 5.82 Å². The van der Waals surface area contributed by atoms with Gasteiger partial charge in [0, 0.05) is 31.1 Å². The zero-order valence-corrected chi connectivity index (χ0v) is 13.4. The zero-order chi connectivity index (χ0) is 15.7. The molecule has 1 atom stereocenters. The third kappa shape index (κ3) is 8.59. The van der Waals surface area contributed by atoms with Crippen LogP contribution < -0.4 is 16.4 Å². The number of benzene rings is 1. The van der Waals surface area contributed by atoms with Gasteiger partial charge in [-0.05, 0) is 38.0 Å². The van der Waals surface area contributed by atoms with E-state index < -0.39 is 5.82 Å². The second kappa shape index (κ2) is 11.0. The highest BCUT2D eigenvalue weighted by atomic mass is 35.5. The molecule has 2 amide bonds. The molecule has 4 N–H and O–H groups in total. The van der Waals surface area contributed by atoms with Gasteiger partial charge in [0.05, 0.1) is 0 Å². The number of amides is 2. The van der Waals surface area contributed by atoms with Gasteiger partial charge in [-0.3, -0.25) is 9.59 Å². The molecule has 1 aromatic rings. The Morgan fingerprint density at radius 3 is 2.59 bits per heavy atom. The molecule has 1 aromatic carbocycles. The molecule has 0 heterocycles. The van der Waals surface area contributed by atoms with Crippen molar-refractivity contribution in [1.29, 1.82) is 0 Å². The lowest BCUT2D eigenvalue weighted by Crippen LogP contribution is -2.30. The van der Waals surface area contributed by atoms with Crippen molar-refractivity contribution in [2.45, 2.75) is 32.2 Å². The number of nitrogens with two attached hydrogens (primary N) is 1. The molecule has 0 saturated heterocycles. The molecule has 22 heavy (non-hydrogen) atoms. The lowest BCUT2D eigenvalue weighted by atomic mass is 10.2. The number of halogens is 2. The van der Waals surface area contributed by atoms with E-state index in [2.05, 4.69) is 10.6 Å². The summed E-state index contributed by atoms with van der Waals surface area (Å²) in [5.41, 5.74) is 5.85. The Bertz CT molecular complexity index is 484. The summed E-state index contributed by atoms with van der Waals surface area (Å²) < 4.78 is 13.0. The number of nitrogens with one attached hydrogen (secondary N) is 2. The number of rotatable bonds is 8. The lowest BCUT2D eigenvalue weighted by molar-refractivity contribution is -0.121. The monoisotopic (exact) mass is 331 g/mol. The molecule has 0 bridgehead atoms. The first-order valence-corrected chi connectivity index (χ1v) is 7.05. The molecule has 0 aliphatic carbocycles. The Balaban J connectivity index is 0.00000441.